The predicted octanol–water partition coefficient (Wildman–Crippen LogP) is 2.95. The van der Waals surface area contributed by atoms with Gasteiger partial charge in [-0.05, 0) is 44.4 Å². The zero-order chi connectivity index (χ0) is 17.1. The minimum atomic E-state index is 0.103. The number of likely N-dealkylation sites (tertiary alicyclic amines) is 1. The average molecular weight is 327 g/mol. The first-order valence-electron chi connectivity index (χ1n) is 8.49. The topological polar surface area (TPSA) is 47.4 Å². The summed E-state index contributed by atoms with van der Waals surface area (Å²) in [6, 6.07) is 10.00. The first kappa shape index (κ1) is 16.7. The predicted molar refractivity (Wildman–Crippen MR) is 92.9 cm³/mol. The molecule has 5 heteroatoms. The fraction of sp³-hybridized carbons (Fsp3) is 0.474. The van der Waals surface area contributed by atoms with E-state index in [9.17, 15) is 4.79 Å². The summed E-state index contributed by atoms with van der Waals surface area (Å²) in [5, 5.41) is 4.55. The molecule has 1 fully saturated rings. The second-order valence-electron chi connectivity index (χ2n) is 6.49. The monoisotopic (exact) mass is 327 g/mol. The summed E-state index contributed by atoms with van der Waals surface area (Å²) < 4.78 is 7.26. The third-order valence-corrected chi connectivity index (χ3v) is 4.67. The lowest BCUT2D eigenvalue weighted by Gasteiger charge is -2.26. The zero-order valence-electron chi connectivity index (χ0n) is 14.7. The van der Waals surface area contributed by atoms with E-state index in [1.54, 1.807) is 7.11 Å². The van der Waals surface area contributed by atoms with Crippen molar-refractivity contribution in [1.29, 1.82) is 0 Å². The second kappa shape index (κ2) is 7.18. The van der Waals surface area contributed by atoms with Gasteiger partial charge in [-0.15, -0.1) is 0 Å². The zero-order valence-corrected chi connectivity index (χ0v) is 14.7. The normalized spacial score (nSPS) is 17.5. The summed E-state index contributed by atoms with van der Waals surface area (Å²) in [6.45, 7) is 6.09. The average Bonchev–Trinajstić information content (AvgIpc) is 3.14. The van der Waals surface area contributed by atoms with Gasteiger partial charge in [0.2, 0.25) is 0 Å². The van der Waals surface area contributed by atoms with Crippen LogP contribution >= 0.6 is 0 Å². The van der Waals surface area contributed by atoms with Gasteiger partial charge in [0.1, 0.15) is 0 Å². The first-order chi connectivity index (χ1) is 11.6. The largest absolute Gasteiger partial charge is 0.380 e. The number of aromatic nitrogens is 2. The van der Waals surface area contributed by atoms with Gasteiger partial charge in [-0.1, -0.05) is 18.2 Å². The maximum Gasteiger partial charge on any atom is 0.254 e. The highest BCUT2D eigenvalue weighted by Crippen LogP contribution is 2.23. The lowest BCUT2D eigenvalue weighted by molar-refractivity contribution is 0.0716. The van der Waals surface area contributed by atoms with E-state index in [1.807, 2.05) is 40.8 Å². The molecule has 24 heavy (non-hydrogen) atoms. The van der Waals surface area contributed by atoms with Crippen LogP contribution in [-0.4, -0.2) is 40.3 Å². The molecule has 1 saturated heterocycles. The highest BCUT2D eigenvalue weighted by Gasteiger charge is 2.31. The number of carbonyl (C=O) groups is 1. The van der Waals surface area contributed by atoms with Gasteiger partial charge < -0.3 is 9.64 Å². The van der Waals surface area contributed by atoms with Gasteiger partial charge in [-0.2, -0.15) is 5.10 Å². The number of nitrogens with zero attached hydrogens (tertiary/aromatic N) is 3. The molecule has 1 atom stereocenters. The molecule has 0 unspecified atom stereocenters. The Labute approximate surface area is 143 Å². The van der Waals surface area contributed by atoms with Crippen molar-refractivity contribution in [3.05, 3.63) is 52.8 Å². The van der Waals surface area contributed by atoms with Crippen molar-refractivity contribution in [2.75, 3.05) is 13.7 Å². The number of hydrogen-bond donors (Lipinski definition) is 0. The molecule has 0 spiro atoms. The van der Waals surface area contributed by atoms with Gasteiger partial charge in [0.15, 0.2) is 0 Å². The van der Waals surface area contributed by atoms with Crippen LogP contribution < -0.4 is 0 Å². The van der Waals surface area contributed by atoms with Crippen LogP contribution in [0.25, 0.3) is 0 Å². The maximum absolute atomic E-state index is 13.1. The van der Waals surface area contributed by atoms with E-state index in [4.69, 9.17) is 4.74 Å². The van der Waals surface area contributed by atoms with Crippen LogP contribution in [0.5, 0.6) is 0 Å². The SMILES string of the molecule is COCc1ccccc1C(=O)N1CCC[C@H]1Cn1nc(C)cc1C. The number of benzene rings is 1. The van der Waals surface area contributed by atoms with Gasteiger partial charge in [-0.3, -0.25) is 9.48 Å². The Hall–Kier alpha value is -2.14. The minimum Gasteiger partial charge on any atom is -0.380 e. The lowest BCUT2D eigenvalue weighted by Crippen LogP contribution is -2.38. The molecule has 0 N–H and O–H groups in total. The molecule has 0 bridgehead atoms. The van der Waals surface area contributed by atoms with Crippen molar-refractivity contribution >= 4 is 5.91 Å². The van der Waals surface area contributed by atoms with E-state index >= 15 is 0 Å². The summed E-state index contributed by atoms with van der Waals surface area (Å²) in [5.74, 6) is 0.103. The Morgan fingerprint density at radius 2 is 2.12 bits per heavy atom. The number of rotatable bonds is 5. The number of hydrogen-bond acceptors (Lipinski definition) is 3. The molecule has 2 heterocycles. The van der Waals surface area contributed by atoms with Crippen molar-refractivity contribution in [1.82, 2.24) is 14.7 Å². The van der Waals surface area contributed by atoms with Crippen molar-refractivity contribution in [3.63, 3.8) is 0 Å². The van der Waals surface area contributed by atoms with Gasteiger partial charge in [0.05, 0.1) is 24.9 Å². The highest BCUT2D eigenvalue weighted by molar-refractivity contribution is 5.96. The Kier molecular flexibility index (Phi) is 5.00. The van der Waals surface area contributed by atoms with Crippen molar-refractivity contribution < 1.29 is 9.53 Å². The summed E-state index contributed by atoms with van der Waals surface area (Å²) in [6.07, 6.45) is 2.07. The molecule has 1 aliphatic rings. The molecule has 0 radical (unpaired) electrons. The van der Waals surface area contributed by atoms with Crippen LogP contribution in [0.4, 0.5) is 0 Å². The molecule has 2 aromatic rings. The quantitative estimate of drug-likeness (QED) is 0.848. The van der Waals surface area contributed by atoms with E-state index in [2.05, 4.69) is 18.1 Å². The second-order valence-corrected chi connectivity index (χ2v) is 6.49. The number of methoxy groups -OCH3 is 1. The summed E-state index contributed by atoms with van der Waals surface area (Å²) >= 11 is 0. The molecule has 0 saturated carbocycles. The number of amides is 1. The van der Waals surface area contributed by atoms with E-state index in [-0.39, 0.29) is 11.9 Å². The van der Waals surface area contributed by atoms with Gasteiger partial charge in [0, 0.05) is 24.9 Å². The van der Waals surface area contributed by atoms with Crippen LogP contribution in [-0.2, 0) is 17.9 Å². The van der Waals surface area contributed by atoms with Crippen LogP contribution in [0.1, 0.15) is 40.2 Å². The van der Waals surface area contributed by atoms with E-state index < -0.39 is 0 Å². The summed E-state index contributed by atoms with van der Waals surface area (Å²) in [7, 11) is 1.66. The number of aryl methyl sites for hydroxylation is 2. The number of carbonyl (C=O) groups excluding carboxylic acids is 1. The van der Waals surface area contributed by atoms with E-state index in [0.717, 1.165) is 48.4 Å². The molecule has 128 valence electrons. The van der Waals surface area contributed by atoms with Gasteiger partial charge in [0.25, 0.3) is 5.91 Å². The van der Waals surface area contributed by atoms with Crippen LogP contribution in [0.3, 0.4) is 0 Å². The van der Waals surface area contributed by atoms with Gasteiger partial charge in [-0.25, -0.2) is 0 Å². The van der Waals surface area contributed by atoms with Crippen LogP contribution in [0.2, 0.25) is 0 Å². The van der Waals surface area contributed by atoms with Crippen molar-refractivity contribution in [2.45, 2.75) is 45.9 Å². The Morgan fingerprint density at radius 1 is 1.33 bits per heavy atom. The smallest absolute Gasteiger partial charge is 0.254 e. The molecule has 1 aliphatic heterocycles. The molecular weight excluding hydrogens is 302 g/mol. The fourth-order valence-electron chi connectivity index (χ4n) is 3.52. The summed E-state index contributed by atoms with van der Waals surface area (Å²) in [4.78, 5) is 15.1. The van der Waals surface area contributed by atoms with Crippen LogP contribution in [0, 0.1) is 13.8 Å². The molecule has 1 aromatic carbocycles. The minimum absolute atomic E-state index is 0.103. The standard InChI is InChI=1S/C19H25N3O2/c1-14-11-15(2)22(20-14)12-17-8-6-10-21(17)19(23)18-9-5-4-7-16(18)13-24-3/h4-5,7,9,11,17H,6,8,10,12-13H2,1-3H3/t17-/m0/s1. The molecule has 3 rings (SSSR count). The maximum atomic E-state index is 13.1. The first-order valence-corrected chi connectivity index (χ1v) is 8.49. The molecule has 0 aliphatic carbocycles. The van der Waals surface area contributed by atoms with Crippen molar-refractivity contribution in [3.8, 4) is 0 Å². The van der Waals surface area contributed by atoms with E-state index in [1.165, 1.54) is 0 Å². The molecule has 1 aromatic heterocycles. The lowest BCUT2D eigenvalue weighted by atomic mass is 10.1. The van der Waals surface area contributed by atoms with Crippen LogP contribution in [0.15, 0.2) is 30.3 Å². The number of ether oxygens (including phenoxy) is 1. The third kappa shape index (κ3) is 3.36. The molecule has 5 nitrogen and oxygen atoms in total. The molecule has 1 amide bonds. The Morgan fingerprint density at radius 3 is 2.83 bits per heavy atom. The van der Waals surface area contributed by atoms with Gasteiger partial charge >= 0.3 is 0 Å². The third-order valence-electron chi connectivity index (χ3n) is 4.67. The van der Waals surface area contributed by atoms with Crippen molar-refractivity contribution in [2.24, 2.45) is 0 Å². The summed E-state index contributed by atoms with van der Waals surface area (Å²) in [5.41, 5.74) is 3.86. The van der Waals surface area contributed by atoms with E-state index in [0.29, 0.717) is 6.61 Å². The highest BCUT2D eigenvalue weighted by atomic mass is 16.5. The molecular formula is C19H25N3O2. The Balaban J connectivity index is 1.80. The Bertz CT molecular complexity index is 723. The fourth-order valence-corrected chi connectivity index (χ4v) is 3.52.